The molecule has 1 aromatic heterocycles. The number of carbonyl (C=O) groups is 1. The van der Waals surface area contributed by atoms with E-state index in [1.807, 2.05) is 67.2 Å². The summed E-state index contributed by atoms with van der Waals surface area (Å²) in [5.74, 6) is 1.89. The summed E-state index contributed by atoms with van der Waals surface area (Å²) >= 11 is 8.76. The van der Waals surface area contributed by atoms with Gasteiger partial charge in [0.2, 0.25) is 0 Å². The van der Waals surface area contributed by atoms with Gasteiger partial charge in [-0.3, -0.25) is 14.5 Å². The molecule has 0 aliphatic carbocycles. The summed E-state index contributed by atoms with van der Waals surface area (Å²) in [6.07, 6.45) is 1.78. The second kappa shape index (κ2) is 9.98. The molecule has 0 saturated carbocycles. The summed E-state index contributed by atoms with van der Waals surface area (Å²) in [4.78, 5) is 31.5. The average Bonchev–Trinajstić information content (AvgIpc) is 3.13. The molecule has 0 radical (unpaired) electrons. The van der Waals surface area contributed by atoms with Crippen molar-refractivity contribution >= 4 is 68.6 Å². The monoisotopic (exact) mass is 507 g/mol. The van der Waals surface area contributed by atoms with Crippen molar-refractivity contribution < 1.29 is 4.79 Å². The van der Waals surface area contributed by atoms with Crippen LogP contribution in [0.5, 0.6) is 0 Å². The van der Waals surface area contributed by atoms with Gasteiger partial charge in [-0.25, -0.2) is 0 Å². The van der Waals surface area contributed by atoms with Crippen LogP contribution < -0.4 is 10.5 Å². The Labute approximate surface area is 212 Å². The highest BCUT2D eigenvalue weighted by Crippen LogP contribution is 2.37. The van der Waals surface area contributed by atoms with Crippen molar-refractivity contribution in [1.82, 2.24) is 9.47 Å². The topological polar surface area (TPSA) is 45.6 Å². The van der Waals surface area contributed by atoms with Gasteiger partial charge in [0.25, 0.3) is 11.5 Å². The molecule has 2 saturated heterocycles. The Morgan fingerprint density at radius 3 is 2.44 bits per heavy atom. The van der Waals surface area contributed by atoms with Crippen molar-refractivity contribution in [3.8, 4) is 0 Å². The zero-order valence-electron chi connectivity index (χ0n) is 18.9. The van der Waals surface area contributed by atoms with E-state index in [0.29, 0.717) is 27.9 Å². The minimum Gasteiger partial charge on any atom is -0.369 e. The van der Waals surface area contributed by atoms with E-state index < -0.39 is 0 Å². The van der Waals surface area contributed by atoms with Crippen molar-refractivity contribution in [2.24, 2.45) is 0 Å². The van der Waals surface area contributed by atoms with Crippen LogP contribution in [-0.2, 0) is 17.9 Å². The molecule has 34 heavy (non-hydrogen) atoms. The molecule has 2 aromatic carbocycles. The van der Waals surface area contributed by atoms with Gasteiger partial charge in [0, 0.05) is 36.5 Å². The summed E-state index contributed by atoms with van der Waals surface area (Å²) in [6.45, 7) is 4.72. The van der Waals surface area contributed by atoms with Gasteiger partial charge in [0.15, 0.2) is 0 Å². The third kappa shape index (κ3) is 4.30. The van der Waals surface area contributed by atoms with Crippen LogP contribution in [-0.4, -0.2) is 44.3 Å². The number of carbonyl (C=O) groups excluding carboxylic acids is 1. The number of fused-ring (bicyclic) bond motifs is 1. The molecule has 5 rings (SSSR count). The maximum absolute atomic E-state index is 13.7. The standard InChI is InChI=1S/C26H25N3O2S3/c1-2-28-21-11-7-6-10-19(21)23(27-12-14-33-15-13-27)20(24(28)30)16-22-25(31)29(26(32)34-22)17-18-8-4-3-5-9-18/h3-11,16H,2,12-15,17H2,1H3. The van der Waals surface area contributed by atoms with E-state index in [1.165, 1.54) is 11.8 Å². The SMILES string of the molecule is CCn1c(=O)c(C=C2SC(=S)N(Cc3ccccc3)C2=O)c(N2CCSCC2)c2ccccc21. The van der Waals surface area contributed by atoms with Crippen LogP contribution in [0.1, 0.15) is 18.1 Å². The number of rotatable bonds is 5. The second-order valence-electron chi connectivity index (χ2n) is 8.18. The van der Waals surface area contributed by atoms with Gasteiger partial charge in [0.1, 0.15) is 4.32 Å². The summed E-state index contributed by atoms with van der Waals surface area (Å²) < 4.78 is 2.32. The largest absolute Gasteiger partial charge is 0.369 e. The molecule has 2 fully saturated rings. The Morgan fingerprint density at radius 1 is 1.00 bits per heavy atom. The third-order valence-electron chi connectivity index (χ3n) is 6.16. The number of aromatic nitrogens is 1. The lowest BCUT2D eigenvalue weighted by Gasteiger charge is -2.31. The van der Waals surface area contributed by atoms with Gasteiger partial charge in [-0.1, -0.05) is 72.5 Å². The Balaban J connectivity index is 1.63. The summed E-state index contributed by atoms with van der Waals surface area (Å²) in [5.41, 5.74) is 3.39. The van der Waals surface area contributed by atoms with E-state index >= 15 is 0 Å². The smallest absolute Gasteiger partial charge is 0.266 e. The van der Waals surface area contributed by atoms with Crippen LogP contribution in [0.25, 0.3) is 17.0 Å². The third-order valence-corrected chi connectivity index (χ3v) is 8.48. The van der Waals surface area contributed by atoms with Gasteiger partial charge in [0.05, 0.1) is 28.2 Å². The van der Waals surface area contributed by atoms with E-state index in [4.69, 9.17) is 12.2 Å². The maximum Gasteiger partial charge on any atom is 0.266 e. The van der Waals surface area contributed by atoms with Gasteiger partial charge in [-0.15, -0.1) is 0 Å². The second-order valence-corrected chi connectivity index (χ2v) is 11.1. The zero-order chi connectivity index (χ0) is 23.7. The lowest BCUT2D eigenvalue weighted by atomic mass is 10.1. The van der Waals surface area contributed by atoms with Crippen molar-refractivity contribution in [3.63, 3.8) is 0 Å². The molecule has 0 atom stereocenters. The maximum atomic E-state index is 13.7. The lowest BCUT2D eigenvalue weighted by Crippen LogP contribution is -2.35. The first-order valence-electron chi connectivity index (χ1n) is 11.4. The Bertz CT molecular complexity index is 1340. The first-order valence-corrected chi connectivity index (χ1v) is 13.7. The number of benzene rings is 2. The number of aryl methyl sites for hydroxylation is 1. The number of para-hydroxylation sites is 1. The average molecular weight is 508 g/mol. The van der Waals surface area contributed by atoms with Crippen LogP contribution in [0.2, 0.25) is 0 Å². The lowest BCUT2D eigenvalue weighted by molar-refractivity contribution is -0.122. The first-order chi connectivity index (χ1) is 16.6. The van der Waals surface area contributed by atoms with Crippen LogP contribution in [0, 0.1) is 0 Å². The number of thiocarbonyl (C=S) groups is 1. The fraction of sp³-hybridized carbons (Fsp3) is 0.269. The quantitative estimate of drug-likeness (QED) is 0.359. The van der Waals surface area contributed by atoms with Gasteiger partial charge in [-0.05, 0) is 24.6 Å². The summed E-state index contributed by atoms with van der Waals surface area (Å²) in [6, 6.07) is 17.9. The molecular formula is C26H25N3O2S3. The first kappa shape index (κ1) is 23.2. The van der Waals surface area contributed by atoms with Gasteiger partial charge < -0.3 is 9.47 Å². The van der Waals surface area contributed by atoms with Crippen LogP contribution in [0.3, 0.4) is 0 Å². The normalized spacial score (nSPS) is 17.9. The Kier molecular flexibility index (Phi) is 6.81. The minimum absolute atomic E-state index is 0.0669. The number of anilines is 1. The predicted molar refractivity (Wildman–Crippen MR) is 149 cm³/mol. The summed E-state index contributed by atoms with van der Waals surface area (Å²) in [7, 11) is 0. The molecule has 3 aromatic rings. The number of amides is 1. The molecule has 5 nitrogen and oxygen atoms in total. The molecular weight excluding hydrogens is 483 g/mol. The van der Waals surface area contributed by atoms with Gasteiger partial charge >= 0.3 is 0 Å². The van der Waals surface area contributed by atoms with E-state index in [1.54, 1.807) is 15.5 Å². The molecule has 1 amide bonds. The fourth-order valence-corrected chi connectivity index (χ4v) is 6.66. The molecule has 0 bridgehead atoms. The Hall–Kier alpha value is -2.55. The minimum atomic E-state index is -0.144. The molecule has 2 aliphatic heterocycles. The van der Waals surface area contributed by atoms with Crippen molar-refractivity contribution in [2.45, 2.75) is 20.0 Å². The van der Waals surface area contributed by atoms with E-state index in [0.717, 1.165) is 46.7 Å². The molecule has 174 valence electrons. The van der Waals surface area contributed by atoms with Crippen molar-refractivity contribution in [2.75, 3.05) is 29.5 Å². The van der Waals surface area contributed by atoms with Crippen LogP contribution in [0.4, 0.5) is 5.69 Å². The number of nitrogens with zero attached hydrogens (tertiary/aromatic N) is 3. The highest BCUT2D eigenvalue weighted by atomic mass is 32.2. The number of pyridine rings is 1. The highest BCUT2D eigenvalue weighted by Gasteiger charge is 2.33. The summed E-state index contributed by atoms with van der Waals surface area (Å²) in [5, 5.41) is 1.04. The molecule has 0 N–H and O–H groups in total. The highest BCUT2D eigenvalue weighted by molar-refractivity contribution is 8.26. The van der Waals surface area contributed by atoms with E-state index in [-0.39, 0.29) is 11.5 Å². The number of hydrogen-bond donors (Lipinski definition) is 0. The van der Waals surface area contributed by atoms with E-state index in [2.05, 4.69) is 11.0 Å². The number of thioether (sulfide) groups is 2. The van der Waals surface area contributed by atoms with Crippen molar-refractivity contribution in [3.05, 3.63) is 81.0 Å². The molecule has 8 heteroatoms. The molecule has 2 aliphatic rings. The van der Waals surface area contributed by atoms with Gasteiger partial charge in [-0.2, -0.15) is 11.8 Å². The number of hydrogen-bond acceptors (Lipinski definition) is 6. The predicted octanol–water partition coefficient (Wildman–Crippen LogP) is 4.98. The molecule has 0 unspecified atom stereocenters. The molecule has 0 spiro atoms. The zero-order valence-corrected chi connectivity index (χ0v) is 21.3. The van der Waals surface area contributed by atoms with E-state index in [9.17, 15) is 9.59 Å². The Morgan fingerprint density at radius 2 is 1.71 bits per heavy atom. The van der Waals surface area contributed by atoms with Crippen LogP contribution >= 0.6 is 35.7 Å². The van der Waals surface area contributed by atoms with Crippen molar-refractivity contribution in [1.29, 1.82) is 0 Å². The molecule has 3 heterocycles. The van der Waals surface area contributed by atoms with Crippen LogP contribution in [0.15, 0.2) is 64.3 Å². The fourth-order valence-electron chi connectivity index (χ4n) is 4.52.